The molecule has 1 heterocycles. The van der Waals surface area contributed by atoms with Crippen LogP contribution in [0.3, 0.4) is 0 Å². The summed E-state index contributed by atoms with van der Waals surface area (Å²) in [5.74, 6) is 0.756. The largest absolute Gasteiger partial charge is 0.492 e. The second kappa shape index (κ2) is 7.03. The Bertz CT molecular complexity index is 527. The molecular weight excluding hydrogens is 278 g/mol. The summed E-state index contributed by atoms with van der Waals surface area (Å²) in [6.45, 7) is 4.97. The fourth-order valence-corrected chi connectivity index (χ4v) is 3.21. The van der Waals surface area contributed by atoms with E-state index >= 15 is 0 Å². The third-order valence-corrected chi connectivity index (χ3v) is 4.67. The number of benzene rings is 1. The molecule has 1 aliphatic heterocycles. The summed E-state index contributed by atoms with van der Waals surface area (Å²) in [6, 6.07) is 7.68. The molecule has 1 aromatic rings. The molecule has 0 unspecified atom stereocenters. The van der Waals surface area contributed by atoms with Crippen molar-refractivity contribution in [2.75, 3.05) is 39.3 Å². The third kappa shape index (κ3) is 4.45. The monoisotopic (exact) mass is 299 g/mol. The normalized spacial score (nSPS) is 17.1. The number of hydrogen-bond acceptors (Lipinski definition) is 4. The topological polar surface area (TPSA) is 70.7 Å². The maximum atomic E-state index is 12.0. The lowest BCUT2D eigenvalue weighted by molar-refractivity contribution is 0.315. The van der Waals surface area contributed by atoms with Crippen LogP contribution in [0.15, 0.2) is 24.3 Å². The summed E-state index contributed by atoms with van der Waals surface area (Å²) in [5, 5.41) is 3.12. The van der Waals surface area contributed by atoms with Crippen molar-refractivity contribution in [2.24, 2.45) is 0 Å². The second-order valence-electron chi connectivity index (χ2n) is 4.71. The Balaban J connectivity index is 1.75. The standard InChI is InChI=1S/C13H21N3O3S/c1-12-3-2-4-13(11-12)19-10-7-15-20(17,18)16-8-5-14-6-9-16/h2-4,11,14-15H,5-10H2,1H3. The van der Waals surface area contributed by atoms with E-state index < -0.39 is 10.2 Å². The zero-order valence-electron chi connectivity index (χ0n) is 11.6. The van der Waals surface area contributed by atoms with Crippen LogP contribution in [-0.2, 0) is 10.2 Å². The van der Waals surface area contributed by atoms with Gasteiger partial charge in [0.15, 0.2) is 0 Å². The molecule has 1 aromatic carbocycles. The van der Waals surface area contributed by atoms with E-state index in [1.165, 1.54) is 4.31 Å². The Morgan fingerprint density at radius 2 is 2.10 bits per heavy atom. The molecule has 112 valence electrons. The van der Waals surface area contributed by atoms with Gasteiger partial charge in [0.25, 0.3) is 10.2 Å². The van der Waals surface area contributed by atoms with Crippen molar-refractivity contribution in [3.8, 4) is 5.75 Å². The van der Waals surface area contributed by atoms with Crippen LogP contribution in [0.1, 0.15) is 5.56 Å². The minimum absolute atomic E-state index is 0.264. The minimum Gasteiger partial charge on any atom is -0.492 e. The zero-order chi connectivity index (χ0) is 14.4. The number of piperazine rings is 1. The van der Waals surface area contributed by atoms with Crippen molar-refractivity contribution in [1.82, 2.24) is 14.3 Å². The van der Waals surface area contributed by atoms with E-state index in [1.54, 1.807) is 0 Å². The molecule has 0 bridgehead atoms. The van der Waals surface area contributed by atoms with Gasteiger partial charge < -0.3 is 10.1 Å². The molecule has 2 rings (SSSR count). The molecule has 0 saturated carbocycles. The average molecular weight is 299 g/mol. The van der Waals surface area contributed by atoms with E-state index in [0.717, 1.165) is 11.3 Å². The summed E-state index contributed by atoms with van der Waals surface area (Å²) in [6.07, 6.45) is 0. The molecule has 0 aliphatic carbocycles. The maximum absolute atomic E-state index is 12.0. The van der Waals surface area contributed by atoms with Gasteiger partial charge in [0, 0.05) is 32.7 Å². The van der Waals surface area contributed by atoms with Crippen molar-refractivity contribution in [3.63, 3.8) is 0 Å². The van der Waals surface area contributed by atoms with Gasteiger partial charge in [0.2, 0.25) is 0 Å². The van der Waals surface area contributed by atoms with E-state index in [4.69, 9.17) is 4.74 Å². The highest BCUT2D eigenvalue weighted by molar-refractivity contribution is 7.87. The molecule has 1 aliphatic rings. The first-order valence-corrected chi connectivity index (χ1v) is 8.17. The highest BCUT2D eigenvalue weighted by Crippen LogP contribution is 2.11. The number of nitrogens with zero attached hydrogens (tertiary/aromatic N) is 1. The van der Waals surface area contributed by atoms with Gasteiger partial charge in [0.1, 0.15) is 12.4 Å². The third-order valence-electron chi connectivity index (χ3n) is 3.06. The lowest BCUT2D eigenvalue weighted by Crippen LogP contribution is -2.50. The smallest absolute Gasteiger partial charge is 0.279 e. The number of nitrogens with one attached hydrogen (secondary N) is 2. The fraction of sp³-hybridized carbons (Fsp3) is 0.538. The number of rotatable bonds is 6. The SMILES string of the molecule is Cc1cccc(OCCNS(=O)(=O)N2CCNCC2)c1. The van der Waals surface area contributed by atoms with E-state index in [-0.39, 0.29) is 6.54 Å². The fourth-order valence-electron chi connectivity index (χ4n) is 2.02. The Morgan fingerprint density at radius 1 is 1.35 bits per heavy atom. The molecular formula is C13H21N3O3S. The number of ether oxygens (including phenoxy) is 1. The van der Waals surface area contributed by atoms with Crippen LogP contribution < -0.4 is 14.8 Å². The second-order valence-corrected chi connectivity index (χ2v) is 6.47. The lowest BCUT2D eigenvalue weighted by Gasteiger charge is -2.26. The Hall–Kier alpha value is -1.15. The van der Waals surface area contributed by atoms with Gasteiger partial charge in [-0.15, -0.1) is 0 Å². The van der Waals surface area contributed by atoms with E-state index in [9.17, 15) is 8.42 Å². The van der Waals surface area contributed by atoms with Crippen molar-refractivity contribution in [2.45, 2.75) is 6.92 Å². The van der Waals surface area contributed by atoms with Crippen molar-refractivity contribution < 1.29 is 13.2 Å². The van der Waals surface area contributed by atoms with Gasteiger partial charge >= 0.3 is 0 Å². The van der Waals surface area contributed by atoms with Gasteiger partial charge in [0.05, 0.1) is 0 Å². The maximum Gasteiger partial charge on any atom is 0.279 e. The Labute approximate surface area is 120 Å². The molecule has 20 heavy (non-hydrogen) atoms. The molecule has 2 N–H and O–H groups in total. The molecule has 0 atom stereocenters. The number of hydrogen-bond donors (Lipinski definition) is 2. The molecule has 7 heteroatoms. The Kier molecular flexibility index (Phi) is 5.36. The van der Waals surface area contributed by atoms with Gasteiger partial charge in [-0.2, -0.15) is 17.4 Å². The van der Waals surface area contributed by atoms with Gasteiger partial charge in [-0.3, -0.25) is 0 Å². The molecule has 0 spiro atoms. The van der Waals surface area contributed by atoms with Crippen LogP contribution in [0.25, 0.3) is 0 Å². The average Bonchev–Trinajstić information content (AvgIpc) is 2.45. The van der Waals surface area contributed by atoms with Gasteiger partial charge in [-0.25, -0.2) is 0 Å². The van der Waals surface area contributed by atoms with E-state index in [2.05, 4.69) is 10.0 Å². The van der Waals surface area contributed by atoms with Crippen LogP contribution in [0.5, 0.6) is 5.75 Å². The zero-order valence-corrected chi connectivity index (χ0v) is 12.4. The first-order chi connectivity index (χ1) is 9.58. The van der Waals surface area contributed by atoms with Crippen LogP contribution in [-0.4, -0.2) is 52.1 Å². The van der Waals surface area contributed by atoms with E-state index in [0.29, 0.717) is 32.8 Å². The predicted octanol–water partition coefficient (Wildman–Crippen LogP) is 0.113. The quantitative estimate of drug-likeness (QED) is 0.732. The summed E-state index contributed by atoms with van der Waals surface area (Å²) in [5.41, 5.74) is 1.11. The highest BCUT2D eigenvalue weighted by atomic mass is 32.2. The minimum atomic E-state index is -3.38. The van der Waals surface area contributed by atoms with Crippen LogP contribution in [0.4, 0.5) is 0 Å². The molecule has 6 nitrogen and oxygen atoms in total. The first-order valence-electron chi connectivity index (χ1n) is 6.73. The van der Waals surface area contributed by atoms with Crippen LogP contribution in [0, 0.1) is 6.92 Å². The first kappa shape index (κ1) is 15.2. The van der Waals surface area contributed by atoms with E-state index in [1.807, 2.05) is 31.2 Å². The van der Waals surface area contributed by atoms with Gasteiger partial charge in [-0.05, 0) is 24.6 Å². The summed E-state index contributed by atoms with van der Waals surface area (Å²) in [7, 11) is -3.38. The van der Waals surface area contributed by atoms with Crippen LogP contribution >= 0.6 is 0 Å². The molecule has 0 amide bonds. The van der Waals surface area contributed by atoms with Crippen molar-refractivity contribution in [1.29, 1.82) is 0 Å². The summed E-state index contributed by atoms with van der Waals surface area (Å²) < 4.78 is 33.5. The number of aryl methyl sites for hydroxylation is 1. The molecule has 0 radical (unpaired) electrons. The highest BCUT2D eigenvalue weighted by Gasteiger charge is 2.22. The lowest BCUT2D eigenvalue weighted by atomic mass is 10.2. The van der Waals surface area contributed by atoms with Crippen molar-refractivity contribution in [3.05, 3.63) is 29.8 Å². The van der Waals surface area contributed by atoms with Gasteiger partial charge in [-0.1, -0.05) is 12.1 Å². The Morgan fingerprint density at radius 3 is 2.80 bits per heavy atom. The molecule has 0 aromatic heterocycles. The van der Waals surface area contributed by atoms with Crippen molar-refractivity contribution >= 4 is 10.2 Å². The predicted molar refractivity (Wildman–Crippen MR) is 78.0 cm³/mol. The summed E-state index contributed by atoms with van der Waals surface area (Å²) >= 11 is 0. The molecule has 1 saturated heterocycles. The van der Waals surface area contributed by atoms with Crippen LogP contribution in [0.2, 0.25) is 0 Å². The summed E-state index contributed by atoms with van der Waals surface area (Å²) in [4.78, 5) is 0. The molecule has 1 fully saturated rings.